The van der Waals surface area contributed by atoms with Crippen molar-refractivity contribution in [3.63, 3.8) is 0 Å². The van der Waals surface area contributed by atoms with Crippen LogP contribution in [0.4, 0.5) is 5.69 Å². The molecule has 0 unspecified atom stereocenters. The number of anilines is 1. The van der Waals surface area contributed by atoms with Gasteiger partial charge in [0.2, 0.25) is 0 Å². The van der Waals surface area contributed by atoms with Crippen LogP contribution in [0.1, 0.15) is 31.7 Å². The molecule has 0 saturated carbocycles. The quantitative estimate of drug-likeness (QED) is 0.671. The van der Waals surface area contributed by atoms with E-state index in [1.54, 1.807) is 22.7 Å². The standard InChI is InChI=1S/C20H20N2OS2/c1-21(2)15-6-3-5-14(13-15)20(23)22-10-8-17-16(9-12-25-17)19(22)18-7-4-11-24-18/h3-7,9,11-13,19H,8,10H2,1-2H3/t19-/m1/s1. The molecule has 4 rings (SSSR count). The smallest absolute Gasteiger partial charge is 0.254 e. The van der Waals surface area contributed by atoms with E-state index in [1.807, 2.05) is 48.2 Å². The van der Waals surface area contributed by atoms with Crippen LogP contribution in [0.3, 0.4) is 0 Å². The minimum atomic E-state index is 0.0329. The lowest BCUT2D eigenvalue weighted by Crippen LogP contribution is -2.39. The maximum atomic E-state index is 13.3. The first-order chi connectivity index (χ1) is 12.1. The monoisotopic (exact) mass is 368 g/mol. The highest BCUT2D eigenvalue weighted by molar-refractivity contribution is 7.10. The summed E-state index contributed by atoms with van der Waals surface area (Å²) >= 11 is 3.53. The average Bonchev–Trinajstić information content (AvgIpc) is 3.31. The molecule has 1 aromatic carbocycles. The van der Waals surface area contributed by atoms with Gasteiger partial charge in [-0.2, -0.15) is 0 Å². The van der Waals surface area contributed by atoms with Crippen molar-refractivity contribution in [1.82, 2.24) is 4.90 Å². The molecule has 1 amide bonds. The highest BCUT2D eigenvalue weighted by atomic mass is 32.1. The second-order valence-corrected chi connectivity index (χ2v) is 8.39. The summed E-state index contributed by atoms with van der Waals surface area (Å²) in [7, 11) is 3.99. The Morgan fingerprint density at radius 3 is 2.76 bits per heavy atom. The van der Waals surface area contributed by atoms with Gasteiger partial charge in [-0.15, -0.1) is 22.7 Å². The fourth-order valence-corrected chi connectivity index (χ4v) is 5.13. The molecule has 1 aliphatic rings. The molecule has 5 heteroatoms. The van der Waals surface area contributed by atoms with Crippen molar-refractivity contribution >= 4 is 34.3 Å². The summed E-state index contributed by atoms with van der Waals surface area (Å²) in [6.45, 7) is 0.765. The molecule has 1 aliphatic heterocycles. The Morgan fingerprint density at radius 2 is 2.00 bits per heavy atom. The van der Waals surface area contributed by atoms with Crippen LogP contribution in [0.5, 0.6) is 0 Å². The first-order valence-electron chi connectivity index (χ1n) is 8.33. The number of amides is 1. The zero-order chi connectivity index (χ0) is 17.4. The fourth-order valence-electron chi connectivity index (χ4n) is 3.37. The Hall–Kier alpha value is -2.11. The third kappa shape index (κ3) is 2.98. The fraction of sp³-hybridized carbons (Fsp3) is 0.250. The van der Waals surface area contributed by atoms with E-state index >= 15 is 0 Å². The summed E-state index contributed by atoms with van der Waals surface area (Å²) in [5.74, 6) is 0.110. The third-order valence-electron chi connectivity index (χ3n) is 4.65. The number of rotatable bonds is 3. The predicted molar refractivity (Wildman–Crippen MR) is 106 cm³/mol. The lowest BCUT2D eigenvalue weighted by atomic mass is 9.97. The van der Waals surface area contributed by atoms with Crippen LogP contribution >= 0.6 is 22.7 Å². The SMILES string of the molecule is CN(C)c1cccc(C(=O)N2CCc3sccc3[C@@H]2c2cccs2)c1. The average molecular weight is 369 g/mol. The molecular weight excluding hydrogens is 348 g/mol. The lowest BCUT2D eigenvalue weighted by Gasteiger charge is -2.35. The zero-order valence-corrected chi connectivity index (χ0v) is 15.9. The zero-order valence-electron chi connectivity index (χ0n) is 14.3. The van der Waals surface area contributed by atoms with E-state index in [1.165, 1.54) is 15.3 Å². The van der Waals surface area contributed by atoms with Gasteiger partial charge in [-0.1, -0.05) is 12.1 Å². The maximum Gasteiger partial charge on any atom is 0.254 e. The molecule has 0 radical (unpaired) electrons. The van der Waals surface area contributed by atoms with Crippen LogP contribution in [0, 0.1) is 0 Å². The predicted octanol–water partition coefficient (Wildman–Crippen LogP) is 4.66. The van der Waals surface area contributed by atoms with Crippen LogP contribution in [0.2, 0.25) is 0 Å². The van der Waals surface area contributed by atoms with Crippen LogP contribution in [-0.4, -0.2) is 31.4 Å². The van der Waals surface area contributed by atoms with Crippen LogP contribution in [0.15, 0.2) is 53.2 Å². The summed E-state index contributed by atoms with van der Waals surface area (Å²) in [5, 5.41) is 4.23. The van der Waals surface area contributed by atoms with Gasteiger partial charge in [-0.05, 0) is 53.1 Å². The summed E-state index contributed by atoms with van der Waals surface area (Å²) in [6, 6.07) is 14.3. The topological polar surface area (TPSA) is 23.6 Å². The number of hydrogen-bond donors (Lipinski definition) is 0. The van der Waals surface area contributed by atoms with E-state index in [2.05, 4.69) is 29.0 Å². The second kappa shape index (κ2) is 6.65. The van der Waals surface area contributed by atoms with E-state index in [9.17, 15) is 4.79 Å². The Labute approximate surface area is 156 Å². The number of benzene rings is 1. The Bertz CT molecular complexity index is 883. The van der Waals surface area contributed by atoms with Gasteiger partial charge in [0.1, 0.15) is 0 Å². The molecule has 0 saturated heterocycles. The van der Waals surface area contributed by atoms with E-state index in [4.69, 9.17) is 0 Å². The summed E-state index contributed by atoms with van der Waals surface area (Å²) in [6.07, 6.45) is 0.938. The lowest BCUT2D eigenvalue weighted by molar-refractivity contribution is 0.0699. The van der Waals surface area contributed by atoms with Crippen molar-refractivity contribution in [2.24, 2.45) is 0 Å². The molecule has 0 fully saturated rings. The normalized spacial score (nSPS) is 16.6. The van der Waals surface area contributed by atoms with Crippen molar-refractivity contribution in [2.75, 3.05) is 25.5 Å². The molecule has 0 N–H and O–H groups in total. The number of carbonyl (C=O) groups is 1. The Morgan fingerprint density at radius 1 is 1.12 bits per heavy atom. The van der Waals surface area contributed by atoms with Gasteiger partial charge >= 0.3 is 0 Å². The van der Waals surface area contributed by atoms with E-state index < -0.39 is 0 Å². The van der Waals surface area contributed by atoms with E-state index in [0.717, 1.165) is 24.2 Å². The maximum absolute atomic E-state index is 13.3. The van der Waals surface area contributed by atoms with Gasteiger partial charge in [0, 0.05) is 41.6 Å². The van der Waals surface area contributed by atoms with Crippen molar-refractivity contribution in [2.45, 2.75) is 12.5 Å². The number of hydrogen-bond acceptors (Lipinski definition) is 4. The highest BCUT2D eigenvalue weighted by Crippen LogP contribution is 2.40. The minimum absolute atomic E-state index is 0.0329. The minimum Gasteiger partial charge on any atom is -0.378 e. The Balaban J connectivity index is 1.73. The van der Waals surface area contributed by atoms with Gasteiger partial charge in [0.25, 0.3) is 5.91 Å². The molecule has 3 heterocycles. The first-order valence-corrected chi connectivity index (χ1v) is 10.1. The van der Waals surface area contributed by atoms with E-state index in [-0.39, 0.29) is 11.9 Å². The first kappa shape index (κ1) is 16.4. The van der Waals surface area contributed by atoms with Crippen molar-refractivity contribution < 1.29 is 4.79 Å². The molecule has 128 valence electrons. The highest BCUT2D eigenvalue weighted by Gasteiger charge is 2.33. The number of thiophene rings is 2. The third-order valence-corrected chi connectivity index (χ3v) is 6.57. The van der Waals surface area contributed by atoms with Crippen LogP contribution in [-0.2, 0) is 6.42 Å². The van der Waals surface area contributed by atoms with Gasteiger partial charge < -0.3 is 9.80 Å². The second-order valence-electron chi connectivity index (χ2n) is 6.41. The van der Waals surface area contributed by atoms with Crippen molar-refractivity contribution in [3.8, 4) is 0 Å². The summed E-state index contributed by atoms with van der Waals surface area (Å²) in [5.41, 5.74) is 3.09. The molecule has 2 aromatic heterocycles. The number of carbonyl (C=O) groups excluding carboxylic acids is 1. The van der Waals surface area contributed by atoms with Crippen molar-refractivity contribution in [3.05, 3.63) is 74.1 Å². The van der Waals surface area contributed by atoms with Gasteiger partial charge in [0.15, 0.2) is 0 Å². The van der Waals surface area contributed by atoms with Crippen LogP contribution in [0.25, 0.3) is 0 Å². The molecule has 25 heavy (non-hydrogen) atoms. The molecule has 0 spiro atoms. The molecule has 0 aliphatic carbocycles. The van der Waals surface area contributed by atoms with Crippen LogP contribution < -0.4 is 4.90 Å². The van der Waals surface area contributed by atoms with Gasteiger partial charge in [-0.3, -0.25) is 4.79 Å². The molecule has 3 aromatic rings. The summed E-state index contributed by atoms with van der Waals surface area (Å²) < 4.78 is 0. The van der Waals surface area contributed by atoms with Gasteiger partial charge in [-0.25, -0.2) is 0 Å². The van der Waals surface area contributed by atoms with Crippen molar-refractivity contribution in [1.29, 1.82) is 0 Å². The number of nitrogens with zero attached hydrogens (tertiary/aromatic N) is 2. The van der Waals surface area contributed by atoms with Gasteiger partial charge in [0.05, 0.1) is 6.04 Å². The molecule has 0 bridgehead atoms. The number of fused-ring (bicyclic) bond motifs is 1. The Kier molecular flexibility index (Phi) is 4.36. The van der Waals surface area contributed by atoms with E-state index in [0.29, 0.717) is 0 Å². The summed E-state index contributed by atoms with van der Waals surface area (Å²) in [4.78, 5) is 20.0. The molecule has 1 atom stereocenters. The molecular formula is C20H20N2OS2. The largest absolute Gasteiger partial charge is 0.378 e. The molecule has 3 nitrogen and oxygen atoms in total.